The van der Waals surface area contributed by atoms with E-state index in [-0.39, 0.29) is 5.56 Å². The van der Waals surface area contributed by atoms with Gasteiger partial charge in [-0.05, 0) is 30.0 Å². The van der Waals surface area contributed by atoms with E-state index in [1.165, 1.54) is 12.4 Å². The molecule has 2 aromatic rings. The second kappa shape index (κ2) is 8.50. The summed E-state index contributed by atoms with van der Waals surface area (Å²) in [6, 6.07) is 2.43. The molecule has 1 fully saturated rings. The number of benzene rings is 1. The summed E-state index contributed by atoms with van der Waals surface area (Å²) in [5.74, 6) is -1.55. The fourth-order valence-corrected chi connectivity index (χ4v) is 4.26. The highest BCUT2D eigenvalue weighted by Gasteiger charge is 2.35. The van der Waals surface area contributed by atoms with Crippen LogP contribution in [0.15, 0.2) is 30.6 Å². The van der Waals surface area contributed by atoms with Gasteiger partial charge in [-0.15, -0.1) is 0 Å². The maximum absolute atomic E-state index is 13.9. The number of nitrogens with one attached hydrogen (secondary N) is 1. The number of carbonyl (C=O) groups excluding carboxylic acids is 1. The van der Waals surface area contributed by atoms with Crippen molar-refractivity contribution in [1.29, 1.82) is 0 Å². The number of hydrogen-bond donors (Lipinski definition) is 2. The largest absolute Gasteiger partial charge is 0.419 e. The summed E-state index contributed by atoms with van der Waals surface area (Å²) in [4.78, 5) is 22.4. The van der Waals surface area contributed by atoms with Gasteiger partial charge in [-0.1, -0.05) is 25.1 Å². The quantitative estimate of drug-likeness (QED) is 0.657. The topological polar surface area (TPSA) is 84.1 Å². The Morgan fingerprint density at radius 1 is 1.31 bits per heavy atom. The summed E-state index contributed by atoms with van der Waals surface area (Å²) in [5.41, 5.74) is 5.53. The minimum atomic E-state index is -4.80. The van der Waals surface area contributed by atoms with Gasteiger partial charge < -0.3 is 16.0 Å². The standard InChI is InChI=1S/C22H23F4N5O/c1-12-8-31(9-12)10-18(13-5-6-17(23)16(7-13)22(24,25)26)30-21-15-4-2-3-14(20(27)32)19(15)28-11-29-21/h2,4-7,11-12,14,18H,3,8-10H2,1H3,(H2,27,32)(H,28,29,30)/t14?,18-/m1/s1. The van der Waals surface area contributed by atoms with Crippen molar-refractivity contribution in [3.63, 3.8) is 0 Å². The molecule has 6 nitrogen and oxygen atoms in total. The van der Waals surface area contributed by atoms with Crippen LogP contribution in [-0.4, -0.2) is 40.4 Å². The van der Waals surface area contributed by atoms with Crippen LogP contribution in [0.2, 0.25) is 0 Å². The minimum Gasteiger partial charge on any atom is -0.369 e. The molecule has 1 aromatic heterocycles. The lowest BCUT2D eigenvalue weighted by molar-refractivity contribution is -0.140. The first kappa shape index (κ1) is 22.2. The van der Waals surface area contributed by atoms with E-state index in [1.54, 1.807) is 12.2 Å². The number of fused-ring (bicyclic) bond motifs is 1. The average molecular weight is 449 g/mol. The number of alkyl halides is 3. The van der Waals surface area contributed by atoms with E-state index >= 15 is 0 Å². The molecule has 0 spiro atoms. The molecule has 2 aliphatic rings. The molecule has 0 bridgehead atoms. The molecule has 1 aliphatic heterocycles. The summed E-state index contributed by atoms with van der Waals surface area (Å²) >= 11 is 0. The van der Waals surface area contributed by atoms with Gasteiger partial charge in [0.15, 0.2) is 0 Å². The summed E-state index contributed by atoms with van der Waals surface area (Å²) < 4.78 is 53.8. The second-order valence-electron chi connectivity index (χ2n) is 8.37. The number of halogens is 4. The zero-order valence-electron chi connectivity index (χ0n) is 17.4. The Morgan fingerprint density at radius 3 is 2.72 bits per heavy atom. The van der Waals surface area contributed by atoms with Gasteiger partial charge in [0.05, 0.1) is 23.2 Å². The zero-order valence-corrected chi connectivity index (χ0v) is 17.4. The first-order valence-electron chi connectivity index (χ1n) is 10.3. The number of nitrogens with zero attached hydrogens (tertiary/aromatic N) is 3. The lowest BCUT2D eigenvalue weighted by Crippen LogP contribution is -2.47. The number of primary amides is 1. The number of rotatable bonds is 6. The van der Waals surface area contributed by atoms with E-state index in [0.29, 0.717) is 36.0 Å². The van der Waals surface area contributed by atoms with Gasteiger partial charge in [-0.3, -0.25) is 4.79 Å². The van der Waals surface area contributed by atoms with Crippen molar-refractivity contribution in [2.75, 3.05) is 25.0 Å². The van der Waals surface area contributed by atoms with E-state index < -0.39 is 35.4 Å². The van der Waals surface area contributed by atoms with Crippen molar-refractivity contribution in [2.24, 2.45) is 11.7 Å². The van der Waals surface area contributed by atoms with Crippen LogP contribution in [0.25, 0.3) is 6.08 Å². The van der Waals surface area contributed by atoms with Crippen molar-refractivity contribution < 1.29 is 22.4 Å². The number of likely N-dealkylation sites (tertiary alicyclic amines) is 1. The van der Waals surface area contributed by atoms with Crippen LogP contribution in [0.5, 0.6) is 0 Å². The Bertz CT molecular complexity index is 1050. The number of amides is 1. The van der Waals surface area contributed by atoms with Gasteiger partial charge >= 0.3 is 6.18 Å². The van der Waals surface area contributed by atoms with Crippen LogP contribution in [0.4, 0.5) is 23.4 Å². The van der Waals surface area contributed by atoms with Crippen molar-refractivity contribution >= 4 is 17.8 Å². The minimum absolute atomic E-state index is 0.289. The molecule has 0 radical (unpaired) electrons. The lowest BCUT2D eigenvalue weighted by Gasteiger charge is -2.40. The summed E-state index contributed by atoms with van der Waals surface area (Å²) in [6.45, 7) is 4.14. The molecule has 4 rings (SSSR count). The molecular weight excluding hydrogens is 426 g/mol. The van der Waals surface area contributed by atoms with Crippen LogP contribution >= 0.6 is 0 Å². The molecule has 2 heterocycles. The van der Waals surface area contributed by atoms with Crippen molar-refractivity contribution in [3.8, 4) is 0 Å². The van der Waals surface area contributed by atoms with Crippen molar-refractivity contribution in [3.05, 3.63) is 58.8 Å². The molecule has 3 N–H and O–H groups in total. The van der Waals surface area contributed by atoms with E-state index in [0.717, 1.165) is 25.2 Å². The Hall–Kier alpha value is -3.01. The highest BCUT2D eigenvalue weighted by molar-refractivity contribution is 5.85. The molecule has 1 aromatic carbocycles. The fraction of sp³-hybridized carbons (Fsp3) is 0.409. The Labute approximate surface area is 182 Å². The van der Waals surface area contributed by atoms with Crippen LogP contribution in [0, 0.1) is 11.7 Å². The molecule has 32 heavy (non-hydrogen) atoms. The molecule has 1 saturated heterocycles. The monoisotopic (exact) mass is 449 g/mol. The number of aromatic nitrogens is 2. The van der Waals surface area contributed by atoms with Gasteiger partial charge in [-0.2, -0.15) is 13.2 Å². The smallest absolute Gasteiger partial charge is 0.369 e. The van der Waals surface area contributed by atoms with E-state index in [2.05, 4.69) is 27.1 Å². The highest BCUT2D eigenvalue weighted by atomic mass is 19.4. The molecule has 1 amide bonds. The average Bonchev–Trinajstić information content (AvgIpc) is 2.71. The van der Waals surface area contributed by atoms with E-state index in [4.69, 9.17) is 5.73 Å². The van der Waals surface area contributed by atoms with Crippen LogP contribution < -0.4 is 11.1 Å². The van der Waals surface area contributed by atoms with E-state index in [1.807, 2.05) is 0 Å². The molecule has 0 saturated carbocycles. The van der Waals surface area contributed by atoms with Gasteiger partial charge in [0, 0.05) is 25.2 Å². The van der Waals surface area contributed by atoms with Gasteiger partial charge in [-0.25, -0.2) is 14.4 Å². The molecule has 2 atom stereocenters. The molecule has 170 valence electrons. The first-order valence-corrected chi connectivity index (χ1v) is 10.3. The Morgan fingerprint density at radius 2 is 2.06 bits per heavy atom. The normalized spacial score (nSPS) is 19.8. The van der Waals surface area contributed by atoms with Gasteiger partial charge in [0.1, 0.15) is 18.0 Å². The fourth-order valence-electron chi connectivity index (χ4n) is 4.26. The predicted molar refractivity (Wildman–Crippen MR) is 111 cm³/mol. The summed E-state index contributed by atoms with van der Waals surface area (Å²) in [6.07, 6.45) is 0.469. The SMILES string of the molecule is CC1CN(C[C@@H](Nc2ncnc3c2C=CCC3C(N)=O)c2ccc(F)c(C(F)(F)F)c2)C1. The van der Waals surface area contributed by atoms with Gasteiger partial charge in [0.2, 0.25) is 5.91 Å². The third-order valence-electron chi connectivity index (χ3n) is 5.83. The molecule has 10 heteroatoms. The maximum atomic E-state index is 13.9. The first-order chi connectivity index (χ1) is 15.1. The van der Waals surface area contributed by atoms with Crippen LogP contribution in [0.3, 0.4) is 0 Å². The number of anilines is 1. The molecule has 1 unspecified atom stereocenters. The van der Waals surface area contributed by atoms with Crippen molar-refractivity contribution in [2.45, 2.75) is 31.5 Å². The number of allylic oxidation sites excluding steroid dienone is 1. The summed E-state index contributed by atoms with van der Waals surface area (Å²) in [7, 11) is 0. The molecule has 1 aliphatic carbocycles. The number of nitrogens with two attached hydrogens (primary N) is 1. The van der Waals surface area contributed by atoms with Gasteiger partial charge in [0.25, 0.3) is 0 Å². The molecular formula is C22H23F4N5O. The van der Waals surface area contributed by atoms with Crippen LogP contribution in [-0.2, 0) is 11.0 Å². The lowest BCUT2D eigenvalue weighted by atomic mass is 9.91. The third kappa shape index (κ3) is 4.45. The highest BCUT2D eigenvalue weighted by Crippen LogP contribution is 2.36. The maximum Gasteiger partial charge on any atom is 0.419 e. The zero-order chi connectivity index (χ0) is 23.0. The number of hydrogen-bond acceptors (Lipinski definition) is 5. The Kier molecular flexibility index (Phi) is 5.89. The Balaban J connectivity index is 1.70. The number of carbonyl (C=O) groups is 1. The van der Waals surface area contributed by atoms with E-state index in [9.17, 15) is 22.4 Å². The second-order valence-corrected chi connectivity index (χ2v) is 8.37. The predicted octanol–water partition coefficient (Wildman–Crippen LogP) is 3.73. The van der Waals surface area contributed by atoms with Crippen molar-refractivity contribution in [1.82, 2.24) is 14.9 Å². The third-order valence-corrected chi connectivity index (χ3v) is 5.83. The van der Waals surface area contributed by atoms with Crippen LogP contribution in [0.1, 0.15) is 47.7 Å². The summed E-state index contributed by atoms with van der Waals surface area (Å²) in [5, 5.41) is 3.21.